The fourth-order valence-electron chi connectivity index (χ4n) is 2.90. The predicted molar refractivity (Wildman–Crippen MR) is 116 cm³/mol. The number of halogens is 1. The van der Waals surface area contributed by atoms with E-state index in [2.05, 4.69) is 29.7 Å². The molecule has 6 heteroatoms. The second-order valence-electron chi connectivity index (χ2n) is 6.35. The first-order valence-corrected chi connectivity index (χ1v) is 10.3. The van der Waals surface area contributed by atoms with E-state index in [0.717, 1.165) is 6.42 Å². The maximum atomic E-state index is 12.6. The summed E-state index contributed by atoms with van der Waals surface area (Å²) in [5.41, 5.74) is 2.07. The molecule has 0 saturated carbocycles. The van der Waals surface area contributed by atoms with Gasteiger partial charge in [0, 0.05) is 18.0 Å². The molecule has 0 bridgehead atoms. The highest BCUT2D eigenvalue weighted by Crippen LogP contribution is 2.25. The highest BCUT2D eigenvalue weighted by Gasteiger charge is 2.15. The van der Waals surface area contributed by atoms with Gasteiger partial charge in [0.25, 0.3) is 11.8 Å². The van der Waals surface area contributed by atoms with Gasteiger partial charge < -0.3 is 10.6 Å². The largest absolute Gasteiger partial charge is 0.351 e. The van der Waals surface area contributed by atoms with Gasteiger partial charge in [-0.1, -0.05) is 54.9 Å². The van der Waals surface area contributed by atoms with Crippen molar-refractivity contribution < 1.29 is 9.59 Å². The number of hydrogen-bond donors (Lipinski definition) is 2. The molecule has 0 fully saturated rings. The smallest absolute Gasteiger partial charge is 0.265 e. The van der Waals surface area contributed by atoms with Crippen LogP contribution in [0, 0.1) is 0 Å². The third-order valence-corrected chi connectivity index (χ3v) is 5.69. The second-order valence-corrected chi connectivity index (χ2v) is 7.71. The van der Waals surface area contributed by atoms with E-state index in [1.807, 2.05) is 29.6 Å². The van der Waals surface area contributed by atoms with Crippen LogP contribution in [0.25, 0.3) is 0 Å². The molecule has 2 aromatic carbocycles. The third-order valence-electron chi connectivity index (χ3n) is 4.49. The van der Waals surface area contributed by atoms with E-state index in [0.29, 0.717) is 27.7 Å². The van der Waals surface area contributed by atoms with Gasteiger partial charge in [0.1, 0.15) is 0 Å². The molecule has 2 N–H and O–H groups in total. The molecule has 4 nitrogen and oxygen atoms in total. The zero-order valence-corrected chi connectivity index (χ0v) is 17.0. The Morgan fingerprint density at radius 1 is 1.04 bits per heavy atom. The molecule has 3 aromatic rings. The first kappa shape index (κ1) is 20.1. The highest BCUT2D eigenvalue weighted by molar-refractivity contribution is 7.12. The summed E-state index contributed by atoms with van der Waals surface area (Å²) < 4.78 is 0. The van der Waals surface area contributed by atoms with E-state index in [1.165, 1.54) is 16.9 Å². The van der Waals surface area contributed by atoms with Crippen molar-refractivity contribution in [2.24, 2.45) is 0 Å². The van der Waals surface area contributed by atoms with Crippen molar-refractivity contribution in [3.63, 3.8) is 0 Å². The fraction of sp³-hybridized carbons (Fsp3) is 0.182. The van der Waals surface area contributed by atoms with E-state index in [9.17, 15) is 9.59 Å². The molecule has 0 aliphatic rings. The van der Waals surface area contributed by atoms with E-state index in [4.69, 9.17) is 11.6 Å². The highest BCUT2D eigenvalue weighted by atomic mass is 35.5. The molecule has 0 spiro atoms. The first-order valence-electron chi connectivity index (χ1n) is 9.06. The minimum Gasteiger partial charge on any atom is -0.351 e. The van der Waals surface area contributed by atoms with Crippen molar-refractivity contribution in [1.82, 2.24) is 5.32 Å². The van der Waals surface area contributed by atoms with Crippen LogP contribution in [0.2, 0.25) is 5.02 Å². The van der Waals surface area contributed by atoms with Gasteiger partial charge in [-0.2, -0.15) is 0 Å². The normalized spacial score (nSPS) is 11.6. The Hall–Kier alpha value is -2.63. The Labute approximate surface area is 173 Å². The minimum absolute atomic E-state index is 0.197. The minimum atomic E-state index is -0.246. The number of hydrogen-bond acceptors (Lipinski definition) is 3. The molecule has 0 aliphatic carbocycles. The lowest BCUT2D eigenvalue weighted by atomic mass is 9.96. The summed E-state index contributed by atoms with van der Waals surface area (Å²) in [6, 6.07) is 18.5. The zero-order valence-electron chi connectivity index (χ0n) is 15.4. The number of thiophene rings is 1. The zero-order chi connectivity index (χ0) is 19.9. The van der Waals surface area contributed by atoms with Crippen molar-refractivity contribution in [2.45, 2.75) is 19.3 Å². The third kappa shape index (κ3) is 5.00. The standard InChI is InChI=1S/C22H21ClN2O2S/c1-2-15(16-7-4-3-5-8-16)14-24-21(26)17-10-11-18(23)19(13-17)25-22(27)20-9-6-12-28-20/h3-13,15H,2,14H2,1H3,(H,24,26)(H,25,27). The maximum Gasteiger partial charge on any atom is 0.265 e. The molecule has 28 heavy (non-hydrogen) atoms. The van der Waals surface area contributed by atoms with Gasteiger partial charge in [-0.3, -0.25) is 9.59 Å². The van der Waals surface area contributed by atoms with Crippen LogP contribution in [0.15, 0.2) is 66.0 Å². The summed E-state index contributed by atoms with van der Waals surface area (Å²) in [4.78, 5) is 25.5. The van der Waals surface area contributed by atoms with E-state index in [-0.39, 0.29) is 17.7 Å². The van der Waals surface area contributed by atoms with Gasteiger partial charge in [-0.25, -0.2) is 0 Å². The van der Waals surface area contributed by atoms with Crippen LogP contribution in [0.5, 0.6) is 0 Å². The molecule has 0 radical (unpaired) electrons. The summed E-state index contributed by atoms with van der Waals surface area (Å²) >= 11 is 7.54. The number of nitrogens with one attached hydrogen (secondary N) is 2. The maximum absolute atomic E-state index is 12.6. The Morgan fingerprint density at radius 2 is 1.82 bits per heavy atom. The van der Waals surface area contributed by atoms with Crippen LogP contribution in [-0.4, -0.2) is 18.4 Å². The molecule has 1 aromatic heterocycles. The Morgan fingerprint density at radius 3 is 2.50 bits per heavy atom. The van der Waals surface area contributed by atoms with Crippen LogP contribution >= 0.6 is 22.9 Å². The van der Waals surface area contributed by atoms with Crippen molar-refractivity contribution in [3.8, 4) is 0 Å². The molecule has 1 heterocycles. The number of anilines is 1. The average molecular weight is 413 g/mol. The van der Waals surface area contributed by atoms with Crippen molar-refractivity contribution in [1.29, 1.82) is 0 Å². The van der Waals surface area contributed by atoms with Gasteiger partial charge in [-0.05, 0) is 41.6 Å². The lowest BCUT2D eigenvalue weighted by Gasteiger charge is -2.16. The van der Waals surface area contributed by atoms with Crippen molar-refractivity contribution in [3.05, 3.63) is 87.1 Å². The number of rotatable bonds is 7. The monoisotopic (exact) mass is 412 g/mol. The van der Waals surface area contributed by atoms with Crippen LogP contribution in [-0.2, 0) is 0 Å². The summed E-state index contributed by atoms with van der Waals surface area (Å²) in [6.07, 6.45) is 0.924. The average Bonchev–Trinajstić information content (AvgIpc) is 3.26. The Bertz CT molecular complexity index is 942. The van der Waals surface area contributed by atoms with Crippen molar-refractivity contribution >= 4 is 40.4 Å². The predicted octanol–water partition coefficient (Wildman–Crippen LogP) is 5.58. The van der Waals surface area contributed by atoms with Crippen LogP contribution < -0.4 is 10.6 Å². The van der Waals surface area contributed by atoms with Crippen molar-refractivity contribution in [2.75, 3.05) is 11.9 Å². The lowest BCUT2D eigenvalue weighted by molar-refractivity contribution is 0.0949. The number of carbonyl (C=O) groups excluding carboxylic acids is 2. The lowest BCUT2D eigenvalue weighted by Crippen LogP contribution is -2.28. The summed E-state index contributed by atoms with van der Waals surface area (Å²) in [7, 11) is 0. The van der Waals surface area contributed by atoms with Crippen LogP contribution in [0.1, 0.15) is 44.9 Å². The van der Waals surface area contributed by atoms with Gasteiger partial charge in [-0.15, -0.1) is 11.3 Å². The molecule has 3 rings (SSSR count). The van der Waals surface area contributed by atoms with Crippen LogP contribution in [0.3, 0.4) is 0 Å². The number of benzene rings is 2. The molecular formula is C22H21ClN2O2S. The topological polar surface area (TPSA) is 58.2 Å². The number of amides is 2. The van der Waals surface area contributed by atoms with Crippen LogP contribution in [0.4, 0.5) is 5.69 Å². The molecule has 144 valence electrons. The summed E-state index contributed by atoms with van der Waals surface area (Å²) in [5, 5.41) is 7.97. The Balaban J connectivity index is 1.67. The van der Waals surface area contributed by atoms with E-state index < -0.39 is 0 Å². The molecule has 0 aliphatic heterocycles. The van der Waals surface area contributed by atoms with E-state index in [1.54, 1.807) is 24.3 Å². The number of carbonyl (C=O) groups is 2. The Kier molecular flexibility index (Phi) is 6.85. The molecular weight excluding hydrogens is 392 g/mol. The van der Waals surface area contributed by atoms with Gasteiger partial charge in [0.15, 0.2) is 0 Å². The fourth-order valence-corrected chi connectivity index (χ4v) is 3.68. The quantitative estimate of drug-likeness (QED) is 0.532. The molecule has 1 atom stereocenters. The molecule has 2 amide bonds. The first-order chi connectivity index (χ1) is 13.6. The second kappa shape index (κ2) is 9.53. The SMILES string of the molecule is CCC(CNC(=O)c1ccc(Cl)c(NC(=O)c2cccs2)c1)c1ccccc1. The summed E-state index contributed by atoms with van der Waals surface area (Å²) in [6.45, 7) is 2.64. The summed E-state index contributed by atoms with van der Waals surface area (Å²) in [5.74, 6) is -0.197. The van der Waals surface area contributed by atoms with Gasteiger partial charge in [0.2, 0.25) is 0 Å². The van der Waals surface area contributed by atoms with Gasteiger partial charge in [0.05, 0.1) is 15.6 Å². The van der Waals surface area contributed by atoms with E-state index >= 15 is 0 Å². The molecule has 0 saturated heterocycles. The van der Waals surface area contributed by atoms with Gasteiger partial charge >= 0.3 is 0 Å². The molecule has 1 unspecified atom stereocenters.